The van der Waals surface area contributed by atoms with E-state index in [1.54, 1.807) is 39.8 Å². The molecule has 1 fully saturated rings. The lowest BCUT2D eigenvalue weighted by Gasteiger charge is -2.34. The third-order valence-electron chi connectivity index (χ3n) is 5.64. The highest BCUT2D eigenvalue weighted by Crippen LogP contribution is 2.26. The van der Waals surface area contributed by atoms with Crippen LogP contribution in [0, 0.1) is 11.7 Å². The minimum Gasteiger partial charge on any atom is -0.444 e. The maximum atomic E-state index is 14.7. The van der Waals surface area contributed by atoms with Crippen molar-refractivity contribution in [1.82, 2.24) is 14.5 Å². The van der Waals surface area contributed by atoms with Gasteiger partial charge in [0.05, 0.1) is 16.5 Å². The molecule has 1 atom stereocenters. The molecule has 0 bridgehead atoms. The van der Waals surface area contributed by atoms with Gasteiger partial charge in [-0.3, -0.25) is 9.36 Å². The molecule has 0 N–H and O–H groups in total. The Balaban J connectivity index is 1.73. The van der Waals surface area contributed by atoms with E-state index < -0.39 is 11.4 Å². The van der Waals surface area contributed by atoms with Gasteiger partial charge < -0.3 is 9.64 Å². The number of rotatable bonds is 3. The van der Waals surface area contributed by atoms with Gasteiger partial charge in [-0.2, -0.15) is 0 Å². The number of fused-ring (bicyclic) bond motifs is 1. The quantitative estimate of drug-likeness (QED) is 0.454. The molecule has 2 aromatic carbocycles. The first kappa shape index (κ1) is 23.4. The van der Waals surface area contributed by atoms with Gasteiger partial charge in [-0.15, -0.1) is 0 Å². The molecule has 1 amide bonds. The number of nitrogens with zero attached hydrogens (tertiary/aromatic N) is 3. The van der Waals surface area contributed by atoms with Crippen LogP contribution < -0.4 is 5.56 Å². The standard InChI is InChI=1S/C25H27BrFN3O3/c1-25(2,3)33-24(32)29-12-6-7-16(14-29)15-30-22(18-8-4-5-9-20(18)27)28-21-11-10-17(26)13-19(21)23(30)31/h4-5,8-11,13,16H,6-7,12,14-15H2,1-3H3/t16-/m0/s1. The fraction of sp³-hybridized carbons (Fsp3) is 0.400. The van der Waals surface area contributed by atoms with Crippen LogP contribution in [0.2, 0.25) is 0 Å². The maximum Gasteiger partial charge on any atom is 0.410 e. The molecule has 1 aromatic heterocycles. The molecule has 4 rings (SSSR count). The summed E-state index contributed by atoms with van der Waals surface area (Å²) >= 11 is 3.42. The minimum atomic E-state index is -0.575. The van der Waals surface area contributed by atoms with Gasteiger partial charge in [0, 0.05) is 24.1 Å². The number of amides is 1. The van der Waals surface area contributed by atoms with Crippen molar-refractivity contribution in [3.8, 4) is 11.4 Å². The van der Waals surface area contributed by atoms with Crippen LogP contribution in [-0.2, 0) is 11.3 Å². The number of ether oxygens (including phenoxy) is 1. The van der Waals surface area contributed by atoms with E-state index in [-0.39, 0.29) is 23.1 Å². The summed E-state index contributed by atoms with van der Waals surface area (Å²) in [4.78, 5) is 32.5. The smallest absolute Gasteiger partial charge is 0.410 e. The fourth-order valence-corrected chi connectivity index (χ4v) is 4.54. The summed E-state index contributed by atoms with van der Waals surface area (Å²) < 4.78 is 22.6. The molecule has 0 unspecified atom stereocenters. The Morgan fingerprint density at radius 3 is 2.73 bits per heavy atom. The van der Waals surface area contributed by atoms with Crippen molar-refractivity contribution in [2.24, 2.45) is 5.92 Å². The molecule has 3 aromatic rings. The van der Waals surface area contributed by atoms with Gasteiger partial charge in [0.15, 0.2) is 0 Å². The fourth-order valence-electron chi connectivity index (χ4n) is 4.18. The first-order valence-corrected chi connectivity index (χ1v) is 11.8. The third-order valence-corrected chi connectivity index (χ3v) is 6.14. The van der Waals surface area contributed by atoms with Gasteiger partial charge in [0.1, 0.15) is 17.2 Å². The zero-order valence-corrected chi connectivity index (χ0v) is 20.6. The first-order valence-electron chi connectivity index (χ1n) is 11.1. The minimum absolute atomic E-state index is 0.0147. The van der Waals surface area contributed by atoms with E-state index in [4.69, 9.17) is 4.74 Å². The number of carbonyl (C=O) groups excluding carboxylic acids is 1. The molecule has 0 radical (unpaired) electrons. The molecular weight excluding hydrogens is 489 g/mol. The average Bonchev–Trinajstić information content (AvgIpc) is 2.75. The van der Waals surface area contributed by atoms with E-state index in [1.807, 2.05) is 26.8 Å². The summed E-state index contributed by atoms with van der Waals surface area (Å²) in [5.41, 5.74) is -0.0147. The molecule has 8 heteroatoms. The van der Waals surface area contributed by atoms with E-state index in [0.717, 1.165) is 17.3 Å². The molecule has 6 nitrogen and oxygen atoms in total. The molecule has 33 heavy (non-hydrogen) atoms. The lowest BCUT2D eigenvalue weighted by atomic mass is 9.98. The van der Waals surface area contributed by atoms with Crippen LogP contribution in [0.1, 0.15) is 33.6 Å². The van der Waals surface area contributed by atoms with Crippen molar-refractivity contribution in [2.45, 2.75) is 45.8 Å². The highest BCUT2D eigenvalue weighted by molar-refractivity contribution is 9.10. The van der Waals surface area contributed by atoms with E-state index >= 15 is 0 Å². The number of hydrogen-bond acceptors (Lipinski definition) is 4. The van der Waals surface area contributed by atoms with Crippen LogP contribution in [0.5, 0.6) is 0 Å². The number of likely N-dealkylation sites (tertiary alicyclic amines) is 1. The molecule has 1 aliphatic rings. The summed E-state index contributed by atoms with van der Waals surface area (Å²) in [6, 6.07) is 11.6. The van der Waals surface area contributed by atoms with Crippen LogP contribution in [-0.4, -0.2) is 39.2 Å². The van der Waals surface area contributed by atoms with E-state index in [9.17, 15) is 14.0 Å². The van der Waals surface area contributed by atoms with E-state index in [0.29, 0.717) is 36.4 Å². The average molecular weight is 516 g/mol. The van der Waals surface area contributed by atoms with Crippen molar-refractivity contribution < 1.29 is 13.9 Å². The van der Waals surface area contributed by atoms with E-state index in [1.165, 1.54) is 6.07 Å². The van der Waals surface area contributed by atoms with Crippen molar-refractivity contribution in [2.75, 3.05) is 13.1 Å². The monoisotopic (exact) mass is 515 g/mol. The Labute approximate surface area is 200 Å². The number of aromatic nitrogens is 2. The van der Waals surface area contributed by atoms with Crippen LogP contribution in [0.4, 0.5) is 9.18 Å². The summed E-state index contributed by atoms with van der Waals surface area (Å²) in [7, 11) is 0. The Morgan fingerprint density at radius 1 is 1.24 bits per heavy atom. The second-order valence-electron chi connectivity index (χ2n) is 9.43. The topological polar surface area (TPSA) is 64.4 Å². The van der Waals surface area contributed by atoms with Crippen molar-refractivity contribution in [1.29, 1.82) is 0 Å². The summed E-state index contributed by atoms with van der Waals surface area (Å²) in [6.45, 7) is 6.93. The van der Waals surface area contributed by atoms with Gasteiger partial charge in [0.25, 0.3) is 5.56 Å². The Bertz CT molecular complexity index is 1250. The molecule has 0 aliphatic carbocycles. The SMILES string of the molecule is CC(C)(C)OC(=O)N1CCC[C@H](Cn2c(-c3ccccc3F)nc3ccc(Br)cc3c2=O)C1. The summed E-state index contributed by atoms with van der Waals surface area (Å²) in [5.74, 6) is -0.128. The number of hydrogen-bond donors (Lipinski definition) is 0. The van der Waals surface area contributed by atoms with Crippen LogP contribution in [0.3, 0.4) is 0 Å². The number of piperidine rings is 1. The second-order valence-corrected chi connectivity index (χ2v) is 10.3. The predicted molar refractivity (Wildman–Crippen MR) is 130 cm³/mol. The molecule has 174 valence electrons. The zero-order valence-electron chi connectivity index (χ0n) is 19.0. The lowest BCUT2D eigenvalue weighted by molar-refractivity contribution is 0.0157. The molecule has 0 spiro atoms. The normalized spacial score (nSPS) is 16.8. The third kappa shape index (κ3) is 5.27. The highest BCUT2D eigenvalue weighted by Gasteiger charge is 2.29. The molecule has 1 saturated heterocycles. The van der Waals surface area contributed by atoms with Crippen LogP contribution in [0.25, 0.3) is 22.3 Å². The van der Waals surface area contributed by atoms with Crippen LogP contribution >= 0.6 is 15.9 Å². The van der Waals surface area contributed by atoms with Crippen LogP contribution in [0.15, 0.2) is 51.7 Å². The number of halogens is 2. The molecule has 2 heterocycles. The van der Waals surface area contributed by atoms with Crippen molar-refractivity contribution in [3.63, 3.8) is 0 Å². The summed E-state index contributed by atoms with van der Waals surface area (Å²) in [6.07, 6.45) is 1.30. The molecule has 0 saturated carbocycles. The zero-order chi connectivity index (χ0) is 23.8. The van der Waals surface area contributed by atoms with Gasteiger partial charge in [-0.1, -0.05) is 28.1 Å². The largest absolute Gasteiger partial charge is 0.444 e. The maximum absolute atomic E-state index is 14.7. The first-order chi connectivity index (χ1) is 15.6. The number of benzene rings is 2. The van der Waals surface area contributed by atoms with E-state index in [2.05, 4.69) is 20.9 Å². The number of carbonyl (C=O) groups is 1. The van der Waals surface area contributed by atoms with Gasteiger partial charge in [-0.05, 0) is 69.9 Å². The Hall–Kier alpha value is -2.74. The predicted octanol–water partition coefficient (Wildman–Crippen LogP) is 5.61. The Morgan fingerprint density at radius 2 is 2.00 bits per heavy atom. The van der Waals surface area contributed by atoms with Gasteiger partial charge >= 0.3 is 6.09 Å². The van der Waals surface area contributed by atoms with Crippen molar-refractivity contribution in [3.05, 3.63) is 63.1 Å². The summed E-state index contributed by atoms with van der Waals surface area (Å²) in [5, 5.41) is 0.462. The highest BCUT2D eigenvalue weighted by atomic mass is 79.9. The Kier molecular flexibility index (Phi) is 6.56. The van der Waals surface area contributed by atoms with Gasteiger partial charge in [0.2, 0.25) is 0 Å². The lowest BCUT2D eigenvalue weighted by Crippen LogP contribution is -2.44. The second kappa shape index (κ2) is 9.25. The van der Waals surface area contributed by atoms with Crippen molar-refractivity contribution >= 4 is 32.9 Å². The van der Waals surface area contributed by atoms with Gasteiger partial charge in [-0.25, -0.2) is 14.2 Å². The molecule has 1 aliphatic heterocycles. The molecular formula is C25H27BrFN3O3.